The summed E-state index contributed by atoms with van der Waals surface area (Å²) in [5.74, 6) is -1.25. The van der Waals surface area contributed by atoms with Crippen molar-refractivity contribution in [1.82, 2.24) is 14.8 Å². The Bertz CT molecular complexity index is 1030. The Morgan fingerprint density at radius 1 is 1.28 bits per heavy atom. The molecule has 0 saturated heterocycles. The number of halogens is 1. The van der Waals surface area contributed by atoms with Gasteiger partial charge in [-0.25, -0.2) is 9.37 Å². The van der Waals surface area contributed by atoms with Crippen molar-refractivity contribution in [1.29, 1.82) is 0 Å². The molecular formula is C20H26FN7O. The zero-order chi connectivity index (χ0) is 21.1. The van der Waals surface area contributed by atoms with E-state index in [2.05, 4.69) is 20.7 Å². The van der Waals surface area contributed by atoms with Crippen LogP contribution in [0.3, 0.4) is 0 Å². The first-order valence-corrected chi connectivity index (χ1v) is 9.55. The first-order valence-electron chi connectivity index (χ1n) is 9.55. The molecule has 8 nitrogen and oxygen atoms in total. The van der Waals surface area contributed by atoms with Crippen LogP contribution in [0.2, 0.25) is 0 Å². The summed E-state index contributed by atoms with van der Waals surface area (Å²) in [5.41, 5.74) is 13.1. The van der Waals surface area contributed by atoms with Crippen LogP contribution in [0.25, 0.3) is 10.9 Å². The molecule has 0 spiro atoms. The molecule has 2 aromatic heterocycles. The van der Waals surface area contributed by atoms with Crippen molar-refractivity contribution in [3.63, 3.8) is 0 Å². The smallest absolute Gasteiger partial charge is 0.252 e. The van der Waals surface area contributed by atoms with E-state index >= 15 is 0 Å². The van der Waals surface area contributed by atoms with E-state index in [1.165, 1.54) is 0 Å². The minimum absolute atomic E-state index is 0.0200. The van der Waals surface area contributed by atoms with E-state index in [9.17, 15) is 9.18 Å². The summed E-state index contributed by atoms with van der Waals surface area (Å²) in [6.07, 6.45) is 3.14. The fourth-order valence-electron chi connectivity index (χ4n) is 3.26. The maximum absolute atomic E-state index is 14.6. The second-order valence-electron chi connectivity index (χ2n) is 6.94. The van der Waals surface area contributed by atoms with Gasteiger partial charge in [-0.1, -0.05) is 19.9 Å². The molecule has 0 radical (unpaired) electrons. The molecule has 1 aromatic carbocycles. The average Bonchev–Trinajstić information content (AvgIpc) is 3.09. The molecule has 6 N–H and O–H groups in total. The van der Waals surface area contributed by atoms with Crippen molar-refractivity contribution in [2.45, 2.75) is 38.8 Å². The first-order chi connectivity index (χ1) is 13.8. The van der Waals surface area contributed by atoms with Crippen LogP contribution in [0.4, 0.5) is 21.7 Å². The van der Waals surface area contributed by atoms with Crippen molar-refractivity contribution < 1.29 is 9.18 Å². The lowest BCUT2D eigenvalue weighted by Gasteiger charge is -2.24. The Hall–Kier alpha value is -3.20. The number of rotatable bonds is 8. The largest absolute Gasteiger partial charge is 0.365 e. The number of carbonyl (C=O) groups excluding carboxylic acids is 1. The number of hydrogen-bond donors (Lipinski definition) is 4. The van der Waals surface area contributed by atoms with Crippen molar-refractivity contribution in [2.75, 3.05) is 10.6 Å². The number of benzene rings is 1. The van der Waals surface area contributed by atoms with Crippen LogP contribution < -0.4 is 22.1 Å². The number of fused-ring (bicyclic) bond motifs is 1. The van der Waals surface area contributed by atoms with Gasteiger partial charge in [0.25, 0.3) is 5.91 Å². The predicted molar refractivity (Wildman–Crippen MR) is 113 cm³/mol. The molecule has 0 saturated carbocycles. The molecule has 2 atom stereocenters. The van der Waals surface area contributed by atoms with E-state index in [0.717, 1.165) is 23.4 Å². The number of nitrogens with one attached hydrogen (secondary N) is 2. The predicted octanol–water partition coefficient (Wildman–Crippen LogP) is 2.88. The minimum atomic E-state index is -0.777. The van der Waals surface area contributed by atoms with Gasteiger partial charge in [-0.15, -0.1) is 0 Å². The van der Waals surface area contributed by atoms with E-state index < -0.39 is 11.7 Å². The summed E-state index contributed by atoms with van der Waals surface area (Å²) < 4.78 is 16.4. The lowest BCUT2D eigenvalue weighted by Crippen LogP contribution is -2.39. The number of carbonyl (C=O) groups is 1. The van der Waals surface area contributed by atoms with Gasteiger partial charge in [0, 0.05) is 24.5 Å². The quantitative estimate of drug-likeness (QED) is 0.462. The van der Waals surface area contributed by atoms with Crippen molar-refractivity contribution in [3.8, 4) is 0 Å². The van der Waals surface area contributed by atoms with E-state index in [4.69, 9.17) is 11.5 Å². The summed E-state index contributed by atoms with van der Waals surface area (Å²) in [6, 6.07) is 6.38. The first kappa shape index (κ1) is 20.5. The molecular weight excluding hydrogens is 373 g/mol. The number of amides is 1. The van der Waals surface area contributed by atoms with E-state index in [0.29, 0.717) is 12.1 Å². The maximum atomic E-state index is 14.6. The number of nitrogens with zero attached hydrogens (tertiary/aromatic N) is 3. The highest BCUT2D eigenvalue weighted by Gasteiger charge is 2.21. The van der Waals surface area contributed by atoms with Crippen molar-refractivity contribution >= 4 is 34.1 Å². The number of aryl methyl sites for hydroxylation is 1. The molecule has 9 heteroatoms. The van der Waals surface area contributed by atoms with Gasteiger partial charge in [0.05, 0.1) is 23.0 Å². The molecule has 29 heavy (non-hydrogen) atoms. The third-order valence-corrected chi connectivity index (χ3v) is 5.04. The zero-order valence-electron chi connectivity index (χ0n) is 16.7. The van der Waals surface area contributed by atoms with Crippen LogP contribution in [0.15, 0.2) is 30.5 Å². The maximum Gasteiger partial charge on any atom is 0.252 e. The Morgan fingerprint density at radius 3 is 2.69 bits per heavy atom. The standard InChI is InChI=1S/C20H26FN7O/c1-4-14(22)15(5-2)25-20-13(21)9-11(18(23)29)19(27-20)26-16-7-6-8-17-12(16)10-24-28(17)3/h6-10,14-15H,4-5,22H2,1-3H3,(H2,23,29)(H2,25,26,27)/t14-,15+/m0/s1. The number of nitrogens with two attached hydrogens (primary N) is 2. The second-order valence-corrected chi connectivity index (χ2v) is 6.94. The summed E-state index contributed by atoms with van der Waals surface area (Å²) >= 11 is 0. The Morgan fingerprint density at radius 2 is 2.03 bits per heavy atom. The van der Waals surface area contributed by atoms with Gasteiger partial charge in [0.2, 0.25) is 0 Å². The zero-order valence-corrected chi connectivity index (χ0v) is 16.7. The summed E-state index contributed by atoms with van der Waals surface area (Å²) in [6.45, 7) is 3.93. The Kier molecular flexibility index (Phi) is 5.97. The number of primary amides is 1. The number of pyridine rings is 1. The molecule has 0 aliphatic heterocycles. The highest BCUT2D eigenvalue weighted by atomic mass is 19.1. The molecule has 3 aromatic rings. The summed E-state index contributed by atoms with van der Waals surface area (Å²) in [4.78, 5) is 16.2. The van der Waals surface area contributed by atoms with Crippen LogP contribution >= 0.6 is 0 Å². The molecule has 154 valence electrons. The van der Waals surface area contributed by atoms with Gasteiger partial charge in [0.15, 0.2) is 11.6 Å². The molecule has 3 rings (SSSR count). The van der Waals surface area contributed by atoms with Gasteiger partial charge >= 0.3 is 0 Å². The van der Waals surface area contributed by atoms with Gasteiger partial charge < -0.3 is 22.1 Å². The fraction of sp³-hybridized carbons (Fsp3) is 0.350. The average molecular weight is 399 g/mol. The number of aromatic nitrogens is 3. The molecule has 0 aliphatic rings. The van der Waals surface area contributed by atoms with Gasteiger partial charge in [-0.2, -0.15) is 5.10 Å². The highest BCUT2D eigenvalue weighted by molar-refractivity contribution is 6.00. The molecule has 0 unspecified atom stereocenters. The molecule has 0 fully saturated rings. The molecule has 0 bridgehead atoms. The monoisotopic (exact) mass is 399 g/mol. The van der Waals surface area contributed by atoms with Crippen molar-refractivity contribution in [2.24, 2.45) is 18.5 Å². The number of anilines is 3. The SMILES string of the molecule is CC[C@H](N)[C@@H](CC)Nc1nc(Nc2cccc3c2cnn3C)c(C(N)=O)cc1F. The van der Waals surface area contributed by atoms with Crippen LogP contribution in [-0.2, 0) is 7.05 Å². The lowest BCUT2D eigenvalue weighted by atomic mass is 10.0. The minimum Gasteiger partial charge on any atom is -0.365 e. The topological polar surface area (TPSA) is 124 Å². The van der Waals surface area contributed by atoms with Gasteiger partial charge in [-0.3, -0.25) is 9.48 Å². The fourth-order valence-corrected chi connectivity index (χ4v) is 3.26. The lowest BCUT2D eigenvalue weighted by molar-refractivity contribution is 0.100. The summed E-state index contributed by atoms with van der Waals surface area (Å²) in [7, 11) is 1.83. The highest BCUT2D eigenvalue weighted by Crippen LogP contribution is 2.29. The van der Waals surface area contributed by atoms with Crippen molar-refractivity contribution in [3.05, 3.63) is 41.8 Å². The van der Waals surface area contributed by atoms with E-state index in [1.54, 1.807) is 10.9 Å². The Labute approximate surface area is 168 Å². The molecule has 1 amide bonds. The van der Waals surface area contributed by atoms with E-state index in [-0.39, 0.29) is 29.3 Å². The van der Waals surface area contributed by atoms with Gasteiger partial charge in [0.1, 0.15) is 5.82 Å². The van der Waals surface area contributed by atoms with Crippen LogP contribution in [0, 0.1) is 5.82 Å². The molecule has 0 aliphatic carbocycles. The van der Waals surface area contributed by atoms with Crippen LogP contribution in [0.1, 0.15) is 37.0 Å². The molecule has 2 heterocycles. The summed E-state index contributed by atoms with van der Waals surface area (Å²) in [5, 5.41) is 11.3. The van der Waals surface area contributed by atoms with E-state index in [1.807, 2.05) is 39.1 Å². The third kappa shape index (κ3) is 4.14. The normalized spacial score (nSPS) is 13.3. The van der Waals surface area contributed by atoms with Crippen LogP contribution in [-0.4, -0.2) is 32.8 Å². The Balaban J connectivity index is 2.03. The van der Waals surface area contributed by atoms with Crippen LogP contribution in [0.5, 0.6) is 0 Å². The second kappa shape index (κ2) is 8.44. The van der Waals surface area contributed by atoms with Gasteiger partial charge in [-0.05, 0) is 31.0 Å². The number of hydrogen-bond acceptors (Lipinski definition) is 6. The third-order valence-electron chi connectivity index (χ3n) is 5.04.